The Morgan fingerprint density at radius 2 is 2.25 bits per heavy atom. The quantitative estimate of drug-likeness (QED) is 0.745. The van der Waals surface area contributed by atoms with Crippen molar-refractivity contribution in [2.75, 3.05) is 5.32 Å². The maximum atomic E-state index is 12.0. The van der Waals surface area contributed by atoms with E-state index in [4.69, 9.17) is 5.73 Å². The molecule has 1 aromatic heterocycles. The van der Waals surface area contributed by atoms with Crippen LogP contribution in [0.25, 0.3) is 0 Å². The van der Waals surface area contributed by atoms with E-state index < -0.39 is 0 Å². The van der Waals surface area contributed by atoms with Crippen molar-refractivity contribution < 1.29 is 9.32 Å². The lowest BCUT2D eigenvalue weighted by molar-refractivity contribution is -0.120. The molecule has 3 N–H and O–H groups in total. The Labute approximate surface area is 94.4 Å². The number of hydrogen-bond donors (Lipinski definition) is 2. The van der Waals surface area contributed by atoms with Crippen molar-refractivity contribution in [2.24, 2.45) is 11.7 Å². The van der Waals surface area contributed by atoms with E-state index in [1.807, 2.05) is 0 Å². The lowest BCUT2D eigenvalue weighted by Gasteiger charge is -2.19. The van der Waals surface area contributed by atoms with Gasteiger partial charge in [-0.1, -0.05) is 24.4 Å². The zero-order chi connectivity index (χ0) is 11.4. The van der Waals surface area contributed by atoms with Crippen LogP contribution in [0.3, 0.4) is 0 Å². The van der Waals surface area contributed by atoms with Gasteiger partial charge in [0.05, 0.1) is 5.92 Å². The van der Waals surface area contributed by atoms with E-state index in [2.05, 4.69) is 15.0 Å². The number of aromatic nitrogens is 1. The van der Waals surface area contributed by atoms with Gasteiger partial charge >= 0.3 is 0 Å². The van der Waals surface area contributed by atoms with Crippen molar-refractivity contribution in [2.45, 2.75) is 38.1 Å². The molecule has 0 radical (unpaired) electrons. The number of nitrogens with zero attached hydrogens (tertiary/aromatic N) is 1. The van der Waals surface area contributed by atoms with Crippen LogP contribution >= 0.6 is 0 Å². The summed E-state index contributed by atoms with van der Waals surface area (Å²) < 4.78 is 4.66. The van der Waals surface area contributed by atoms with Gasteiger partial charge in [0, 0.05) is 12.1 Å². The van der Waals surface area contributed by atoms with Crippen molar-refractivity contribution >= 4 is 11.7 Å². The van der Waals surface area contributed by atoms with Crippen LogP contribution in [0.2, 0.25) is 0 Å². The highest BCUT2D eigenvalue weighted by Crippen LogP contribution is 2.23. The fraction of sp³-hybridized carbons (Fsp3) is 0.636. The van der Waals surface area contributed by atoms with Gasteiger partial charge in [0.25, 0.3) is 0 Å². The Bertz CT molecular complexity index is 337. The molecule has 1 aliphatic carbocycles. The molecule has 2 unspecified atom stereocenters. The molecule has 2 atom stereocenters. The highest BCUT2D eigenvalue weighted by atomic mass is 16.5. The van der Waals surface area contributed by atoms with E-state index in [1.54, 1.807) is 6.07 Å². The van der Waals surface area contributed by atoms with Crippen LogP contribution in [0.15, 0.2) is 16.9 Å². The Morgan fingerprint density at radius 3 is 3.00 bits per heavy atom. The number of hydrogen-bond acceptors (Lipinski definition) is 4. The van der Waals surface area contributed by atoms with Gasteiger partial charge in [-0.05, 0) is 12.8 Å². The van der Waals surface area contributed by atoms with Crippen molar-refractivity contribution in [3.05, 3.63) is 12.3 Å². The maximum Gasteiger partial charge on any atom is 0.230 e. The molecule has 16 heavy (non-hydrogen) atoms. The van der Waals surface area contributed by atoms with Crippen molar-refractivity contribution in [3.8, 4) is 0 Å². The summed E-state index contributed by atoms with van der Waals surface area (Å²) in [5, 5.41) is 6.38. The first-order chi connectivity index (χ1) is 7.77. The van der Waals surface area contributed by atoms with E-state index in [0.717, 1.165) is 25.7 Å². The van der Waals surface area contributed by atoms with Gasteiger partial charge in [0.15, 0.2) is 5.82 Å². The van der Waals surface area contributed by atoms with Gasteiger partial charge in [-0.3, -0.25) is 4.79 Å². The normalized spacial score (nSPS) is 26.1. The van der Waals surface area contributed by atoms with Crippen LogP contribution in [0.1, 0.15) is 32.1 Å². The Hall–Kier alpha value is -1.36. The molecule has 0 aliphatic heterocycles. The van der Waals surface area contributed by atoms with Gasteiger partial charge in [0.2, 0.25) is 5.91 Å². The third-order valence-electron chi connectivity index (χ3n) is 3.10. The summed E-state index contributed by atoms with van der Waals surface area (Å²) in [4.78, 5) is 12.0. The van der Waals surface area contributed by atoms with Gasteiger partial charge < -0.3 is 15.6 Å². The van der Waals surface area contributed by atoms with Gasteiger partial charge in [-0.2, -0.15) is 0 Å². The number of amides is 1. The molecule has 0 aromatic carbocycles. The molecule has 1 amide bonds. The molecule has 1 saturated carbocycles. The minimum absolute atomic E-state index is 0.0330. The molecule has 5 nitrogen and oxygen atoms in total. The summed E-state index contributed by atoms with van der Waals surface area (Å²) >= 11 is 0. The summed E-state index contributed by atoms with van der Waals surface area (Å²) in [6.45, 7) is 0. The minimum atomic E-state index is -0.0980. The van der Waals surface area contributed by atoms with Crippen LogP contribution in [0.4, 0.5) is 5.82 Å². The van der Waals surface area contributed by atoms with Crippen LogP contribution in [-0.4, -0.2) is 17.1 Å². The van der Waals surface area contributed by atoms with E-state index in [0.29, 0.717) is 5.82 Å². The monoisotopic (exact) mass is 223 g/mol. The van der Waals surface area contributed by atoms with Gasteiger partial charge in [-0.15, -0.1) is 0 Å². The second kappa shape index (κ2) is 5.12. The largest absolute Gasteiger partial charge is 0.363 e. The first-order valence-electron chi connectivity index (χ1n) is 5.74. The number of nitrogens with one attached hydrogen (secondary N) is 1. The molecule has 1 aromatic rings. The van der Waals surface area contributed by atoms with Crippen molar-refractivity contribution in [1.29, 1.82) is 0 Å². The summed E-state index contributed by atoms with van der Waals surface area (Å²) in [5.74, 6) is 0.323. The van der Waals surface area contributed by atoms with Crippen molar-refractivity contribution in [1.82, 2.24) is 5.16 Å². The van der Waals surface area contributed by atoms with Crippen LogP contribution < -0.4 is 11.1 Å². The molecule has 0 spiro atoms. The number of anilines is 1. The highest BCUT2D eigenvalue weighted by Gasteiger charge is 2.27. The maximum absolute atomic E-state index is 12.0. The summed E-state index contributed by atoms with van der Waals surface area (Å²) in [7, 11) is 0. The lowest BCUT2D eigenvalue weighted by atomic mass is 9.95. The predicted molar refractivity (Wildman–Crippen MR) is 59.7 cm³/mol. The van der Waals surface area contributed by atoms with Crippen LogP contribution in [0, 0.1) is 5.92 Å². The molecule has 1 fully saturated rings. The second-order valence-corrected chi connectivity index (χ2v) is 4.28. The first kappa shape index (κ1) is 11.1. The molecule has 0 bridgehead atoms. The Kier molecular flexibility index (Phi) is 3.56. The Morgan fingerprint density at radius 1 is 1.44 bits per heavy atom. The summed E-state index contributed by atoms with van der Waals surface area (Å²) in [6.07, 6.45) is 6.59. The highest BCUT2D eigenvalue weighted by molar-refractivity contribution is 5.92. The summed E-state index contributed by atoms with van der Waals surface area (Å²) in [6, 6.07) is 1.59. The molecule has 0 saturated heterocycles. The smallest absolute Gasteiger partial charge is 0.230 e. The number of carbonyl (C=O) groups excluding carboxylic acids is 1. The average molecular weight is 223 g/mol. The molecule has 1 heterocycles. The number of nitrogens with two attached hydrogens (primary N) is 1. The zero-order valence-electron chi connectivity index (χ0n) is 9.19. The van der Waals surface area contributed by atoms with E-state index in [1.165, 1.54) is 12.7 Å². The predicted octanol–water partition coefficient (Wildman–Crippen LogP) is 1.52. The van der Waals surface area contributed by atoms with Gasteiger partial charge in [0.1, 0.15) is 6.26 Å². The standard InChI is InChI=1S/C11H17N3O2/c12-9-5-3-1-2-4-8(9)11(15)13-10-6-7-16-14-10/h6-9H,1-5,12H2,(H,13,14,15). The zero-order valence-corrected chi connectivity index (χ0v) is 9.19. The Balaban J connectivity index is 1.97. The third kappa shape index (κ3) is 2.61. The van der Waals surface area contributed by atoms with Crippen LogP contribution in [-0.2, 0) is 4.79 Å². The number of carbonyl (C=O) groups is 1. The summed E-state index contributed by atoms with van der Waals surface area (Å²) in [5.41, 5.74) is 6.00. The molecule has 1 aliphatic rings. The van der Waals surface area contributed by atoms with Crippen molar-refractivity contribution in [3.63, 3.8) is 0 Å². The van der Waals surface area contributed by atoms with Crippen LogP contribution in [0.5, 0.6) is 0 Å². The first-order valence-corrected chi connectivity index (χ1v) is 5.74. The SMILES string of the molecule is NC1CCCCCC1C(=O)Nc1ccon1. The van der Waals surface area contributed by atoms with E-state index >= 15 is 0 Å². The molecular weight excluding hydrogens is 206 g/mol. The molecule has 88 valence electrons. The third-order valence-corrected chi connectivity index (χ3v) is 3.10. The fourth-order valence-corrected chi connectivity index (χ4v) is 2.16. The minimum Gasteiger partial charge on any atom is -0.363 e. The second-order valence-electron chi connectivity index (χ2n) is 4.28. The molecule has 2 rings (SSSR count). The topological polar surface area (TPSA) is 81.2 Å². The molecular formula is C11H17N3O2. The average Bonchev–Trinajstić information content (AvgIpc) is 2.66. The number of rotatable bonds is 2. The van der Waals surface area contributed by atoms with Gasteiger partial charge in [-0.25, -0.2) is 0 Å². The van der Waals surface area contributed by atoms with E-state index in [9.17, 15) is 4.79 Å². The molecule has 5 heteroatoms. The van der Waals surface area contributed by atoms with E-state index in [-0.39, 0.29) is 17.9 Å². The fourth-order valence-electron chi connectivity index (χ4n) is 2.16. The lowest BCUT2D eigenvalue weighted by Crippen LogP contribution is -2.37.